The summed E-state index contributed by atoms with van der Waals surface area (Å²) < 4.78 is 5.24. The summed E-state index contributed by atoms with van der Waals surface area (Å²) in [6.45, 7) is 0.747. The second-order valence-electron chi connectivity index (χ2n) is 8.81. The average molecular weight is 513 g/mol. The van der Waals surface area contributed by atoms with Crippen molar-refractivity contribution in [2.24, 2.45) is 0 Å². The number of ether oxygens (including phenoxy) is 1. The van der Waals surface area contributed by atoms with Gasteiger partial charge in [-0.05, 0) is 35.2 Å². The molecular weight excluding hydrogens is 488 g/mol. The Bertz CT molecular complexity index is 1390. The third kappa shape index (κ3) is 3.34. The Morgan fingerprint density at radius 2 is 1.38 bits per heavy atom. The number of hydrogen-bond acceptors (Lipinski definition) is 6. The third-order valence-corrected chi connectivity index (χ3v) is 8.09. The molecule has 3 aromatic rings. The van der Waals surface area contributed by atoms with Crippen molar-refractivity contribution >= 4 is 46.9 Å². The molecule has 2 saturated heterocycles. The quantitative estimate of drug-likeness (QED) is 0.467. The number of rotatable bonds is 4. The number of nitrogens with zero attached hydrogens (tertiary/aromatic N) is 4. The van der Waals surface area contributed by atoms with Crippen LogP contribution in [0.3, 0.4) is 0 Å². The summed E-state index contributed by atoms with van der Waals surface area (Å²) in [5, 5.41) is 1.02. The van der Waals surface area contributed by atoms with Crippen LogP contribution >= 0.6 is 11.8 Å². The van der Waals surface area contributed by atoms with E-state index < -0.39 is 29.1 Å². The van der Waals surface area contributed by atoms with Gasteiger partial charge in [-0.1, -0.05) is 66.7 Å². The van der Waals surface area contributed by atoms with Crippen LogP contribution in [0.1, 0.15) is 5.56 Å². The van der Waals surface area contributed by atoms with E-state index in [9.17, 15) is 14.4 Å². The zero-order valence-corrected chi connectivity index (χ0v) is 20.9. The predicted molar refractivity (Wildman–Crippen MR) is 143 cm³/mol. The van der Waals surface area contributed by atoms with E-state index in [0.29, 0.717) is 24.5 Å². The molecule has 9 heteroatoms. The van der Waals surface area contributed by atoms with Crippen molar-refractivity contribution in [3.63, 3.8) is 0 Å². The van der Waals surface area contributed by atoms with E-state index in [1.54, 1.807) is 34.1 Å². The highest BCUT2D eigenvalue weighted by atomic mass is 32.2. The van der Waals surface area contributed by atoms with Gasteiger partial charge in [-0.3, -0.25) is 9.69 Å². The number of benzene rings is 3. The SMILES string of the molecule is COC(=O)[C@@H]1SC=C(c2ccccc2)N2CCN3C(=O)N(c4ccccc4)C(=O)N(c4ccccc4)C132. The van der Waals surface area contributed by atoms with Crippen molar-refractivity contribution in [1.82, 2.24) is 9.80 Å². The molecule has 1 spiro atoms. The molecule has 6 rings (SSSR count). The Hall–Kier alpha value is -4.24. The Morgan fingerprint density at radius 3 is 2.00 bits per heavy atom. The van der Waals surface area contributed by atoms with Crippen molar-refractivity contribution < 1.29 is 19.1 Å². The molecule has 1 unspecified atom stereocenters. The highest BCUT2D eigenvalue weighted by Crippen LogP contribution is 2.52. The Balaban J connectivity index is 1.61. The van der Waals surface area contributed by atoms with Crippen LogP contribution < -0.4 is 9.80 Å². The van der Waals surface area contributed by atoms with Crippen molar-refractivity contribution in [2.75, 3.05) is 30.0 Å². The van der Waals surface area contributed by atoms with Crippen LogP contribution in [-0.4, -0.2) is 59.1 Å². The lowest BCUT2D eigenvalue weighted by atomic mass is 10.0. The summed E-state index contributed by atoms with van der Waals surface area (Å²) in [7, 11) is 1.33. The summed E-state index contributed by atoms with van der Waals surface area (Å²) in [5.74, 6) is -1.96. The van der Waals surface area contributed by atoms with E-state index in [2.05, 4.69) is 0 Å². The van der Waals surface area contributed by atoms with E-state index in [4.69, 9.17) is 4.74 Å². The fraction of sp³-hybridized carbons (Fsp3) is 0.179. The van der Waals surface area contributed by atoms with Gasteiger partial charge in [0.25, 0.3) is 0 Å². The van der Waals surface area contributed by atoms with Gasteiger partial charge in [0.2, 0.25) is 5.79 Å². The first kappa shape index (κ1) is 23.2. The second kappa shape index (κ2) is 9.01. The van der Waals surface area contributed by atoms with Crippen LogP contribution in [0.5, 0.6) is 0 Å². The van der Waals surface area contributed by atoms with Crippen LogP contribution in [0.4, 0.5) is 21.0 Å². The summed E-state index contributed by atoms with van der Waals surface area (Å²) >= 11 is 1.27. The molecule has 186 valence electrons. The standard InChI is InChI=1S/C28H24N4O4S/c1-36-25(33)24-28-29(23(19-37-24)20-11-5-2-6-12-20)17-18-30(28)26(34)31(21-13-7-3-8-14-21)27(35)32(28)22-15-9-4-10-16-22/h2-16,19,24H,17-18H2,1H3/t24-,28?/m0/s1. The second-order valence-corrected chi connectivity index (χ2v) is 9.79. The molecule has 2 atom stereocenters. The number of anilines is 2. The zero-order valence-electron chi connectivity index (χ0n) is 20.1. The summed E-state index contributed by atoms with van der Waals surface area (Å²) in [4.78, 5) is 48.3. The number of para-hydroxylation sites is 2. The lowest BCUT2D eigenvalue weighted by molar-refractivity contribution is -0.144. The first-order valence-electron chi connectivity index (χ1n) is 11.9. The maximum Gasteiger partial charge on any atom is 0.340 e. The highest BCUT2D eigenvalue weighted by Gasteiger charge is 2.69. The maximum atomic E-state index is 14.4. The van der Waals surface area contributed by atoms with Gasteiger partial charge in [-0.2, -0.15) is 0 Å². The van der Waals surface area contributed by atoms with Crippen LogP contribution in [0, 0.1) is 0 Å². The normalized spacial score (nSPS) is 22.9. The number of thioether (sulfide) groups is 1. The average Bonchev–Trinajstić information content (AvgIpc) is 3.35. The minimum atomic E-state index is -1.45. The minimum Gasteiger partial charge on any atom is -0.468 e. The topological polar surface area (TPSA) is 73.4 Å². The lowest BCUT2D eigenvalue weighted by Gasteiger charge is -2.58. The van der Waals surface area contributed by atoms with Gasteiger partial charge in [-0.25, -0.2) is 19.4 Å². The van der Waals surface area contributed by atoms with E-state index >= 15 is 0 Å². The van der Waals surface area contributed by atoms with Crippen molar-refractivity contribution in [3.05, 3.63) is 102 Å². The Kier molecular flexibility index (Phi) is 5.64. The van der Waals surface area contributed by atoms with Gasteiger partial charge in [-0.15, -0.1) is 11.8 Å². The first-order chi connectivity index (χ1) is 18.1. The lowest BCUT2D eigenvalue weighted by Crippen LogP contribution is -2.81. The number of carbonyl (C=O) groups is 3. The Morgan fingerprint density at radius 1 is 0.811 bits per heavy atom. The molecule has 0 aliphatic carbocycles. The molecule has 0 aromatic heterocycles. The number of amides is 4. The predicted octanol–water partition coefficient (Wildman–Crippen LogP) is 4.81. The van der Waals surface area contributed by atoms with Crippen LogP contribution in [0.15, 0.2) is 96.4 Å². The molecule has 0 saturated carbocycles. The molecule has 0 radical (unpaired) electrons. The fourth-order valence-electron chi connectivity index (χ4n) is 5.41. The van der Waals surface area contributed by atoms with Gasteiger partial charge in [0, 0.05) is 18.8 Å². The van der Waals surface area contributed by atoms with E-state index in [1.165, 1.54) is 23.8 Å². The molecule has 37 heavy (non-hydrogen) atoms. The van der Waals surface area contributed by atoms with Crippen LogP contribution in [-0.2, 0) is 9.53 Å². The van der Waals surface area contributed by atoms with Gasteiger partial charge in [0.15, 0.2) is 5.25 Å². The molecular formula is C28H24N4O4S. The number of imide groups is 1. The van der Waals surface area contributed by atoms with Crippen molar-refractivity contribution in [1.29, 1.82) is 0 Å². The maximum absolute atomic E-state index is 14.4. The van der Waals surface area contributed by atoms with Gasteiger partial charge in [0.1, 0.15) is 0 Å². The van der Waals surface area contributed by atoms with Gasteiger partial charge in [0.05, 0.1) is 18.5 Å². The monoisotopic (exact) mass is 512 g/mol. The zero-order chi connectivity index (χ0) is 25.6. The number of methoxy groups -OCH3 is 1. The summed E-state index contributed by atoms with van der Waals surface area (Å²) in [6, 6.07) is 26.8. The third-order valence-electron chi connectivity index (χ3n) is 6.95. The van der Waals surface area contributed by atoms with Gasteiger partial charge < -0.3 is 9.64 Å². The summed E-state index contributed by atoms with van der Waals surface area (Å²) in [5.41, 5.74) is 2.80. The molecule has 3 aliphatic rings. The largest absolute Gasteiger partial charge is 0.468 e. The number of hydrogen-bond donors (Lipinski definition) is 0. The van der Waals surface area contributed by atoms with Crippen molar-refractivity contribution in [3.8, 4) is 0 Å². The van der Waals surface area contributed by atoms with E-state index in [0.717, 1.165) is 11.3 Å². The molecule has 0 N–H and O–H groups in total. The number of esters is 1. The molecule has 4 amide bonds. The fourth-order valence-corrected chi connectivity index (χ4v) is 6.69. The molecule has 3 aliphatic heterocycles. The number of carbonyl (C=O) groups excluding carboxylic acids is 3. The van der Waals surface area contributed by atoms with E-state index in [-0.39, 0.29) is 0 Å². The van der Waals surface area contributed by atoms with E-state index in [1.807, 2.05) is 77.0 Å². The molecule has 2 fully saturated rings. The van der Waals surface area contributed by atoms with Crippen LogP contribution in [0.25, 0.3) is 5.70 Å². The van der Waals surface area contributed by atoms with Crippen LogP contribution in [0.2, 0.25) is 0 Å². The molecule has 0 bridgehead atoms. The molecule has 3 aromatic carbocycles. The molecule has 8 nitrogen and oxygen atoms in total. The summed E-state index contributed by atoms with van der Waals surface area (Å²) in [6.07, 6.45) is 0. The Labute approximate surface area is 218 Å². The number of urea groups is 2. The smallest absolute Gasteiger partial charge is 0.340 e. The van der Waals surface area contributed by atoms with Crippen molar-refractivity contribution in [2.45, 2.75) is 11.0 Å². The first-order valence-corrected chi connectivity index (χ1v) is 12.9. The van der Waals surface area contributed by atoms with Gasteiger partial charge >= 0.3 is 18.0 Å². The molecule has 3 heterocycles. The minimum absolute atomic E-state index is 0.316. The highest BCUT2D eigenvalue weighted by molar-refractivity contribution is 8.03.